The Morgan fingerprint density at radius 1 is 1.30 bits per heavy atom. The number of hydrogen-bond acceptors (Lipinski definition) is 3. The van der Waals surface area contributed by atoms with Gasteiger partial charge in [0.2, 0.25) is 10.0 Å². The quantitative estimate of drug-likeness (QED) is 0.843. The highest BCUT2D eigenvalue weighted by molar-refractivity contribution is 7.89. The molecule has 0 amide bonds. The number of nitrogens with one attached hydrogen (secondary N) is 1. The van der Waals surface area contributed by atoms with Crippen molar-refractivity contribution >= 4 is 16.0 Å². The second-order valence-electron chi connectivity index (χ2n) is 5.17. The topological polar surface area (TPSA) is 83.5 Å². The number of sulfonamides is 1. The van der Waals surface area contributed by atoms with Gasteiger partial charge in [-0.05, 0) is 30.5 Å². The second kappa shape index (κ2) is 6.37. The molecule has 0 spiro atoms. The van der Waals surface area contributed by atoms with E-state index in [-0.39, 0.29) is 10.5 Å². The lowest BCUT2D eigenvalue weighted by molar-refractivity contribution is 0.0696. The van der Waals surface area contributed by atoms with E-state index in [1.54, 1.807) is 0 Å². The Balaban J connectivity index is 1.98. The summed E-state index contributed by atoms with van der Waals surface area (Å²) in [5, 5.41) is 8.88. The molecule has 20 heavy (non-hydrogen) atoms. The highest BCUT2D eigenvalue weighted by atomic mass is 32.2. The fourth-order valence-corrected chi connectivity index (χ4v) is 3.67. The number of carboxylic acids is 1. The third-order valence-corrected chi connectivity index (χ3v) is 5.17. The maximum Gasteiger partial charge on any atom is 0.335 e. The first-order valence-electron chi connectivity index (χ1n) is 6.82. The Labute approximate surface area is 119 Å². The average Bonchev–Trinajstić information content (AvgIpc) is 2.92. The number of carbonyl (C=O) groups is 1. The van der Waals surface area contributed by atoms with Gasteiger partial charge in [-0.2, -0.15) is 0 Å². The summed E-state index contributed by atoms with van der Waals surface area (Å²) in [6.45, 7) is 0.407. The lowest BCUT2D eigenvalue weighted by Gasteiger charge is -2.10. The minimum atomic E-state index is -3.62. The van der Waals surface area contributed by atoms with Crippen LogP contribution < -0.4 is 4.72 Å². The van der Waals surface area contributed by atoms with E-state index < -0.39 is 16.0 Å². The maximum atomic E-state index is 12.1. The molecule has 0 bridgehead atoms. The highest BCUT2D eigenvalue weighted by Gasteiger charge is 2.18. The molecule has 1 fully saturated rings. The predicted molar refractivity (Wildman–Crippen MR) is 75.2 cm³/mol. The van der Waals surface area contributed by atoms with Crippen LogP contribution in [0.25, 0.3) is 0 Å². The minimum absolute atomic E-state index is 0.00354. The molecule has 6 heteroatoms. The molecule has 110 valence electrons. The van der Waals surface area contributed by atoms with Crippen molar-refractivity contribution in [2.45, 2.75) is 37.0 Å². The summed E-state index contributed by atoms with van der Waals surface area (Å²) in [5.41, 5.74) is -0.0244. The number of benzene rings is 1. The van der Waals surface area contributed by atoms with Gasteiger partial charge in [0, 0.05) is 6.54 Å². The van der Waals surface area contributed by atoms with Crippen LogP contribution in [0.3, 0.4) is 0 Å². The first-order chi connectivity index (χ1) is 9.49. The Morgan fingerprint density at radius 3 is 2.65 bits per heavy atom. The highest BCUT2D eigenvalue weighted by Crippen LogP contribution is 2.27. The van der Waals surface area contributed by atoms with Gasteiger partial charge in [-0.15, -0.1) is 0 Å². The van der Waals surface area contributed by atoms with E-state index in [0.29, 0.717) is 12.5 Å². The molecular weight excluding hydrogens is 278 g/mol. The van der Waals surface area contributed by atoms with E-state index in [1.807, 2.05) is 0 Å². The predicted octanol–water partition coefficient (Wildman–Crippen LogP) is 2.24. The summed E-state index contributed by atoms with van der Waals surface area (Å²) in [5.74, 6) is -0.518. The zero-order valence-corrected chi connectivity index (χ0v) is 12.0. The second-order valence-corrected chi connectivity index (χ2v) is 6.94. The Hall–Kier alpha value is -1.40. The fourth-order valence-electron chi connectivity index (χ4n) is 2.58. The van der Waals surface area contributed by atoms with E-state index in [4.69, 9.17) is 5.11 Å². The van der Waals surface area contributed by atoms with Crippen LogP contribution in [0.15, 0.2) is 29.2 Å². The summed E-state index contributed by atoms with van der Waals surface area (Å²) in [6.07, 6.45) is 5.67. The summed E-state index contributed by atoms with van der Waals surface area (Å²) in [6, 6.07) is 5.40. The van der Waals surface area contributed by atoms with Crippen molar-refractivity contribution in [2.75, 3.05) is 6.54 Å². The van der Waals surface area contributed by atoms with Crippen LogP contribution in [-0.4, -0.2) is 26.0 Å². The first-order valence-corrected chi connectivity index (χ1v) is 8.30. The molecule has 5 nitrogen and oxygen atoms in total. The summed E-state index contributed by atoms with van der Waals surface area (Å²) >= 11 is 0. The van der Waals surface area contributed by atoms with E-state index in [2.05, 4.69) is 4.72 Å². The van der Waals surface area contributed by atoms with E-state index >= 15 is 0 Å². The summed E-state index contributed by atoms with van der Waals surface area (Å²) < 4.78 is 26.7. The molecule has 1 aliphatic carbocycles. The van der Waals surface area contributed by atoms with Crippen molar-refractivity contribution in [1.82, 2.24) is 4.72 Å². The van der Waals surface area contributed by atoms with E-state index in [1.165, 1.54) is 49.9 Å². The van der Waals surface area contributed by atoms with Crippen molar-refractivity contribution in [3.05, 3.63) is 29.8 Å². The number of hydrogen-bond donors (Lipinski definition) is 2. The van der Waals surface area contributed by atoms with Crippen molar-refractivity contribution in [3.63, 3.8) is 0 Å². The lowest BCUT2D eigenvalue weighted by atomic mass is 10.1. The molecule has 0 unspecified atom stereocenters. The van der Waals surface area contributed by atoms with E-state index in [0.717, 1.165) is 6.42 Å². The molecule has 0 saturated heterocycles. The van der Waals surface area contributed by atoms with Crippen LogP contribution in [-0.2, 0) is 10.0 Å². The van der Waals surface area contributed by atoms with Gasteiger partial charge in [0.05, 0.1) is 10.5 Å². The normalized spacial score (nSPS) is 16.4. The molecule has 2 N–H and O–H groups in total. The monoisotopic (exact) mass is 297 g/mol. The van der Waals surface area contributed by atoms with Crippen LogP contribution in [0.1, 0.15) is 42.5 Å². The van der Waals surface area contributed by atoms with Crippen molar-refractivity contribution in [3.8, 4) is 0 Å². The Morgan fingerprint density at radius 2 is 2.00 bits per heavy atom. The summed E-state index contributed by atoms with van der Waals surface area (Å²) in [4.78, 5) is 10.9. The van der Waals surface area contributed by atoms with Crippen LogP contribution in [0, 0.1) is 5.92 Å². The number of carboxylic acid groups (broad SMARTS) is 1. The maximum absolute atomic E-state index is 12.1. The first kappa shape index (κ1) is 15.0. The van der Waals surface area contributed by atoms with Gasteiger partial charge in [0.1, 0.15) is 0 Å². The largest absolute Gasteiger partial charge is 0.478 e. The van der Waals surface area contributed by atoms with Gasteiger partial charge in [0.15, 0.2) is 0 Å². The molecule has 1 saturated carbocycles. The van der Waals surface area contributed by atoms with Crippen LogP contribution >= 0.6 is 0 Å². The van der Waals surface area contributed by atoms with Gasteiger partial charge in [-0.1, -0.05) is 31.7 Å². The van der Waals surface area contributed by atoms with Gasteiger partial charge in [0.25, 0.3) is 0 Å². The average molecular weight is 297 g/mol. The molecule has 0 radical (unpaired) electrons. The van der Waals surface area contributed by atoms with Crippen LogP contribution in [0.5, 0.6) is 0 Å². The Bertz CT molecular complexity index is 577. The molecule has 1 aliphatic rings. The zero-order chi connectivity index (χ0) is 14.6. The van der Waals surface area contributed by atoms with Crippen molar-refractivity contribution in [2.24, 2.45) is 5.92 Å². The van der Waals surface area contributed by atoms with Gasteiger partial charge < -0.3 is 5.11 Å². The molecule has 1 aromatic rings. The number of aromatic carboxylic acids is 1. The molecular formula is C14H19NO4S. The fraction of sp³-hybridized carbons (Fsp3) is 0.500. The zero-order valence-electron chi connectivity index (χ0n) is 11.2. The molecule has 0 heterocycles. The van der Waals surface area contributed by atoms with Gasteiger partial charge in [-0.3, -0.25) is 0 Å². The third kappa shape index (κ3) is 3.80. The van der Waals surface area contributed by atoms with Gasteiger partial charge >= 0.3 is 5.97 Å². The molecule has 0 atom stereocenters. The lowest BCUT2D eigenvalue weighted by Crippen LogP contribution is -2.26. The van der Waals surface area contributed by atoms with E-state index in [9.17, 15) is 13.2 Å². The molecule has 1 aromatic carbocycles. The molecule has 2 rings (SSSR count). The standard InChI is InChI=1S/C14H19NO4S/c16-14(17)12-6-3-7-13(10-12)20(18,19)15-9-8-11-4-1-2-5-11/h3,6-7,10-11,15H,1-2,4-5,8-9H2,(H,16,17). The molecule has 0 aliphatic heterocycles. The SMILES string of the molecule is O=C(O)c1cccc(S(=O)(=O)NCCC2CCCC2)c1. The third-order valence-electron chi connectivity index (χ3n) is 3.71. The Kier molecular flexibility index (Phi) is 4.77. The molecule has 0 aromatic heterocycles. The summed E-state index contributed by atoms with van der Waals surface area (Å²) in [7, 11) is -3.62. The van der Waals surface area contributed by atoms with Gasteiger partial charge in [-0.25, -0.2) is 17.9 Å². The van der Waals surface area contributed by atoms with Crippen LogP contribution in [0.2, 0.25) is 0 Å². The number of rotatable bonds is 6. The minimum Gasteiger partial charge on any atom is -0.478 e. The van der Waals surface area contributed by atoms with Crippen molar-refractivity contribution < 1.29 is 18.3 Å². The van der Waals surface area contributed by atoms with Crippen LogP contribution in [0.4, 0.5) is 0 Å². The smallest absolute Gasteiger partial charge is 0.335 e. The van der Waals surface area contributed by atoms with Crippen molar-refractivity contribution in [1.29, 1.82) is 0 Å².